The molecule has 1 aliphatic heterocycles. The first-order valence-corrected chi connectivity index (χ1v) is 5.12. The molecule has 0 atom stereocenters. The molecule has 0 unspecified atom stereocenters. The van der Waals surface area contributed by atoms with Crippen molar-refractivity contribution in [1.82, 2.24) is 4.90 Å². The van der Waals surface area contributed by atoms with Crippen LogP contribution in [0.2, 0.25) is 0 Å². The van der Waals surface area contributed by atoms with Gasteiger partial charge in [-0.05, 0) is 45.0 Å². The van der Waals surface area contributed by atoms with E-state index in [1.54, 1.807) is 0 Å². The van der Waals surface area contributed by atoms with Crippen molar-refractivity contribution in [2.75, 3.05) is 13.1 Å². The smallest absolute Gasteiger partial charge is 0.118 e. The summed E-state index contributed by atoms with van der Waals surface area (Å²) in [7, 11) is 0. The largest absolute Gasteiger partial charge is 0.465 e. The molecule has 2 heterocycles. The van der Waals surface area contributed by atoms with E-state index < -0.39 is 0 Å². The van der Waals surface area contributed by atoms with E-state index in [0.29, 0.717) is 0 Å². The molecule has 1 aromatic heterocycles. The van der Waals surface area contributed by atoms with E-state index in [1.807, 2.05) is 13.0 Å². The molecule has 0 saturated carbocycles. The summed E-state index contributed by atoms with van der Waals surface area (Å²) in [4.78, 5) is 2.47. The Balaban J connectivity index is 1.89. The Hall–Kier alpha value is -0.760. The average Bonchev–Trinajstić information content (AvgIpc) is 2.53. The number of hydrogen-bond donors (Lipinski definition) is 0. The van der Waals surface area contributed by atoms with Crippen LogP contribution in [0, 0.1) is 6.92 Å². The molecule has 1 aliphatic rings. The molecule has 0 aromatic carbocycles. The second kappa shape index (κ2) is 3.97. The van der Waals surface area contributed by atoms with Gasteiger partial charge in [0.05, 0.1) is 6.54 Å². The van der Waals surface area contributed by atoms with Gasteiger partial charge in [0.1, 0.15) is 11.5 Å². The molecule has 2 nitrogen and oxygen atoms in total. The van der Waals surface area contributed by atoms with Crippen molar-refractivity contribution in [1.29, 1.82) is 0 Å². The van der Waals surface area contributed by atoms with Crippen LogP contribution in [0.5, 0.6) is 0 Å². The quantitative estimate of drug-likeness (QED) is 0.693. The number of likely N-dealkylation sites (tertiary alicyclic amines) is 1. The van der Waals surface area contributed by atoms with Gasteiger partial charge >= 0.3 is 0 Å². The van der Waals surface area contributed by atoms with E-state index in [4.69, 9.17) is 4.42 Å². The van der Waals surface area contributed by atoms with Crippen LogP contribution >= 0.6 is 0 Å². The first-order valence-electron chi connectivity index (χ1n) is 5.12. The maximum Gasteiger partial charge on any atom is 0.118 e. The van der Waals surface area contributed by atoms with Crippen molar-refractivity contribution in [3.8, 4) is 0 Å². The van der Waals surface area contributed by atoms with Crippen LogP contribution in [0.4, 0.5) is 0 Å². The van der Waals surface area contributed by atoms with E-state index in [-0.39, 0.29) is 0 Å². The number of hydrogen-bond acceptors (Lipinski definition) is 2. The van der Waals surface area contributed by atoms with Crippen LogP contribution in [0.1, 0.15) is 30.8 Å². The third-order valence-electron chi connectivity index (χ3n) is 2.62. The fraction of sp³-hybridized carbons (Fsp3) is 0.636. The Kier molecular flexibility index (Phi) is 2.69. The van der Waals surface area contributed by atoms with Crippen molar-refractivity contribution in [3.05, 3.63) is 23.7 Å². The van der Waals surface area contributed by atoms with Gasteiger partial charge in [-0.3, -0.25) is 4.90 Å². The molecule has 2 rings (SSSR count). The molecule has 1 saturated heterocycles. The normalized spacial score (nSPS) is 19.2. The maximum atomic E-state index is 5.54. The highest BCUT2D eigenvalue weighted by Gasteiger charge is 2.11. The highest BCUT2D eigenvalue weighted by atomic mass is 16.3. The molecular weight excluding hydrogens is 162 g/mol. The van der Waals surface area contributed by atoms with Gasteiger partial charge in [-0.1, -0.05) is 6.42 Å². The zero-order valence-corrected chi connectivity index (χ0v) is 8.25. The number of aryl methyl sites for hydroxylation is 1. The predicted molar refractivity (Wildman–Crippen MR) is 52.6 cm³/mol. The summed E-state index contributed by atoms with van der Waals surface area (Å²) in [5, 5.41) is 0. The van der Waals surface area contributed by atoms with Crippen LogP contribution in [0.3, 0.4) is 0 Å². The minimum absolute atomic E-state index is 0.994. The fourth-order valence-corrected chi connectivity index (χ4v) is 1.91. The minimum atomic E-state index is 0.994. The molecule has 0 amide bonds. The number of piperidine rings is 1. The molecule has 0 spiro atoms. The Labute approximate surface area is 79.5 Å². The van der Waals surface area contributed by atoms with E-state index in [9.17, 15) is 0 Å². The zero-order valence-electron chi connectivity index (χ0n) is 8.25. The lowest BCUT2D eigenvalue weighted by Gasteiger charge is -2.25. The van der Waals surface area contributed by atoms with Crippen LogP contribution in [-0.4, -0.2) is 18.0 Å². The van der Waals surface area contributed by atoms with Gasteiger partial charge in [0.2, 0.25) is 0 Å². The summed E-state index contributed by atoms with van der Waals surface area (Å²) in [6, 6.07) is 4.13. The third-order valence-corrected chi connectivity index (χ3v) is 2.62. The Morgan fingerprint density at radius 1 is 1.23 bits per heavy atom. The van der Waals surface area contributed by atoms with Gasteiger partial charge in [0.15, 0.2) is 0 Å². The summed E-state index contributed by atoms with van der Waals surface area (Å²) >= 11 is 0. The Bertz CT molecular complexity index is 261. The van der Waals surface area contributed by atoms with Gasteiger partial charge < -0.3 is 4.42 Å². The summed E-state index contributed by atoms with van der Waals surface area (Å²) in [6.07, 6.45) is 4.09. The summed E-state index contributed by atoms with van der Waals surface area (Å²) in [5.41, 5.74) is 0. The highest BCUT2D eigenvalue weighted by molar-refractivity contribution is 5.05. The second-order valence-electron chi connectivity index (χ2n) is 3.85. The second-order valence-corrected chi connectivity index (χ2v) is 3.85. The van der Waals surface area contributed by atoms with Crippen molar-refractivity contribution in [2.45, 2.75) is 32.7 Å². The van der Waals surface area contributed by atoms with E-state index in [1.165, 1.54) is 32.4 Å². The number of nitrogens with zero attached hydrogens (tertiary/aromatic N) is 1. The first-order chi connectivity index (χ1) is 6.34. The molecule has 72 valence electrons. The first kappa shape index (κ1) is 8.82. The number of rotatable bonds is 2. The topological polar surface area (TPSA) is 16.4 Å². The van der Waals surface area contributed by atoms with Gasteiger partial charge in [-0.15, -0.1) is 0 Å². The molecule has 1 aromatic rings. The lowest BCUT2D eigenvalue weighted by atomic mass is 10.1. The molecule has 1 fully saturated rings. The Morgan fingerprint density at radius 3 is 2.62 bits per heavy atom. The summed E-state index contributed by atoms with van der Waals surface area (Å²) in [6.45, 7) is 5.47. The van der Waals surface area contributed by atoms with Crippen molar-refractivity contribution in [2.24, 2.45) is 0 Å². The predicted octanol–water partition coefficient (Wildman–Crippen LogP) is 2.57. The highest BCUT2D eigenvalue weighted by Crippen LogP contribution is 2.14. The van der Waals surface area contributed by atoms with E-state index in [2.05, 4.69) is 11.0 Å². The molecule has 0 radical (unpaired) electrons. The Morgan fingerprint density at radius 2 is 2.00 bits per heavy atom. The van der Waals surface area contributed by atoms with E-state index in [0.717, 1.165) is 18.1 Å². The monoisotopic (exact) mass is 179 g/mol. The molecule has 2 heteroatoms. The third kappa shape index (κ3) is 2.34. The fourth-order valence-electron chi connectivity index (χ4n) is 1.91. The van der Waals surface area contributed by atoms with Crippen molar-refractivity contribution < 1.29 is 4.42 Å². The maximum absolute atomic E-state index is 5.54. The van der Waals surface area contributed by atoms with Crippen LogP contribution < -0.4 is 0 Å². The van der Waals surface area contributed by atoms with Crippen LogP contribution in [0.25, 0.3) is 0 Å². The number of furan rings is 1. The van der Waals surface area contributed by atoms with Crippen molar-refractivity contribution in [3.63, 3.8) is 0 Å². The standard InChI is InChI=1S/C11H17NO/c1-10-5-6-11(13-10)9-12-7-3-2-4-8-12/h5-6H,2-4,7-9H2,1H3. The van der Waals surface area contributed by atoms with Gasteiger partial charge in [-0.25, -0.2) is 0 Å². The minimum Gasteiger partial charge on any atom is -0.465 e. The van der Waals surface area contributed by atoms with Crippen LogP contribution in [-0.2, 0) is 6.54 Å². The molecule has 0 N–H and O–H groups in total. The summed E-state index contributed by atoms with van der Waals surface area (Å²) < 4.78 is 5.54. The zero-order chi connectivity index (χ0) is 9.10. The lowest BCUT2D eigenvalue weighted by molar-refractivity contribution is 0.204. The van der Waals surface area contributed by atoms with Crippen LogP contribution in [0.15, 0.2) is 16.5 Å². The lowest BCUT2D eigenvalue weighted by Crippen LogP contribution is -2.28. The average molecular weight is 179 g/mol. The van der Waals surface area contributed by atoms with Gasteiger partial charge in [-0.2, -0.15) is 0 Å². The van der Waals surface area contributed by atoms with Crippen molar-refractivity contribution >= 4 is 0 Å². The van der Waals surface area contributed by atoms with Gasteiger partial charge in [0.25, 0.3) is 0 Å². The summed E-state index contributed by atoms with van der Waals surface area (Å²) in [5.74, 6) is 2.13. The molecule has 0 aliphatic carbocycles. The van der Waals surface area contributed by atoms with Gasteiger partial charge in [0, 0.05) is 0 Å². The molecule has 0 bridgehead atoms. The molecular formula is C11H17NO. The van der Waals surface area contributed by atoms with E-state index >= 15 is 0 Å². The SMILES string of the molecule is Cc1ccc(CN2CCCCC2)o1. The molecule has 13 heavy (non-hydrogen) atoms.